The molecule has 33 heavy (non-hydrogen) atoms. The quantitative estimate of drug-likeness (QED) is 0.280. The van der Waals surface area contributed by atoms with Gasteiger partial charge in [-0.3, -0.25) is 0 Å². The zero-order valence-corrected chi connectivity index (χ0v) is 18.9. The van der Waals surface area contributed by atoms with Crippen LogP contribution in [0.3, 0.4) is 0 Å². The molecule has 0 unspecified atom stereocenters. The number of carboxylic acid groups (broad SMARTS) is 1. The maximum Gasteiger partial charge on any atom is 0.342 e. The number of fused-ring (bicyclic) bond motifs is 1. The monoisotopic (exact) mass is 464 g/mol. The molecule has 0 aliphatic heterocycles. The molecule has 4 aromatic rings. The lowest BCUT2D eigenvalue weighted by atomic mass is 10.0. The summed E-state index contributed by atoms with van der Waals surface area (Å²) in [5, 5.41) is 19.8. The molecule has 0 bridgehead atoms. The smallest absolute Gasteiger partial charge is 0.342 e. The summed E-state index contributed by atoms with van der Waals surface area (Å²) in [7, 11) is 4.62. The topological polar surface area (TPSA) is 104 Å². The molecule has 1 N–H and O–H groups in total. The van der Waals surface area contributed by atoms with Gasteiger partial charge >= 0.3 is 5.97 Å². The van der Waals surface area contributed by atoms with Crippen molar-refractivity contribution in [2.24, 2.45) is 0 Å². The third-order valence-corrected chi connectivity index (χ3v) is 5.69. The molecule has 1 aromatic heterocycles. The van der Waals surface area contributed by atoms with Crippen LogP contribution in [0.5, 0.6) is 17.2 Å². The van der Waals surface area contributed by atoms with Crippen molar-refractivity contribution in [3.63, 3.8) is 0 Å². The highest BCUT2D eigenvalue weighted by Gasteiger charge is 2.18. The number of aromatic nitrogens is 2. The minimum atomic E-state index is -1.13. The Kier molecular flexibility index (Phi) is 6.50. The average Bonchev–Trinajstić information content (AvgIpc) is 3.32. The van der Waals surface area contributed by atoms with Crippen molar-refractivity contribution >= 4 is 34.6 Å². The van der Waals surface area contributed by atoms with Gasteiger partial charge in [-0.2, -0.15) is 0 Å². The second-order valence-corrected chi connectivity index (χ2v) is 7.79. The van der Waals surface area contributed by atoms with E-state index < -0.39 is 5.97 Å². The fourth-order valence-electron chi connectivity index (χ4n) is 3.26. The maximum atomic E-state index is 12.0. The summed E-state index contributed by atoms with van der Waals surface area (Å²) in [4.78, 5) is 12.0. The van der Waals surface area contributed by atoms with Gasteiger partial charge in [0.2, 0.25) is 5.89 Å². The van der Waals surface area contributed by atoms with Crippen molar-refractivity contribution in [2.45, 2.75) is 5.22 Å². The first-order valence-electron chi connectivity index (χ1n) is 9.78. The minimum absolute atomic E-state index is 0.00285. The third kappa shape index (κ3) is 4.78. The van der Waals surface area contributed by atoms with E-state index in [9.17, 15) is 9.90 Å². The lowest BCUT2D eigenvalue weighted by molar-refractivity contribution is -0.131. The first-order chi connectivity index (χ1) is 16.0. The first-order valence-corrected chi connectivity index (χ1v) is 10.6. The van der Waals surface area contributed by atoms with Crippen LogP contribution in [0.2, 0.25) is 0 Å². The SMILES string of the molecule is COc1cc(OC)cc(-c2nnc(S/C(=C\c3c(OC)ccc4ccccc34)C(=O)O)o2)c1. The molecule has 0 radical (unpaired) electrons. The number of carboxylic acids is 1. The summed E-state index contributed by atoms with van der Waals surface area (Å²) >= 11 is 0.858. The van der Waals surface area contributed by atoms with Crippen molar-refractivity contribution in [2.75, 3.05) is 21.3 Å². The van der Waals surface area contributed by atoms with E-state index in [1.54, 1.807) is 51.7 Å². The molecule has 9 heteroatoms. The molecule has 0 amide bonds. The van der Waals surface area contributed by atoms with Gasteiger partial charge in [0, 0.05) is 17.2 Å². The summed E-state index contributed by atoms with van der Waals surface area (Å²) in [5.41, 5.74) is 1.24. The molecule has 3 aromatic carbocycles. The van der Waals surface area contributed by atoms with E-state index in [-0.39, 0.29) is 16.0 Å². The molecule has 0 saturated carbocycles. The highest BCUT2D eigenvalue weighted by atomic mass is 32.2. The van der Waals surface area contributed by atoms with Gasteiger partial charge < -0.3 is 23.7 Å². The minimum Gasteiger partial charge on any atom is -0.497 e. The number of carbonyl (C=O) groups is 1. The van der Waals surface area contributed by atoms with Crippen LogP contribution in [0.25, 0.3) is 28.3 Å². The Morgan fingerprint density at radius 3 is 2.36 bits per heavy atom. The lowest BCUT2D eigenvalue weighted by Gasteiger charge is -2.10. The second-order valence-electron chi connectivity index (χ2n) is 6.79. The summed E-state index contributed by atoms with van der Waals surface area (Å²) in [6.07, 6.45) is 1.55. The van der Waals surface area contributed by atoms with E-state index in [0.717, 1.165) is 22.5 Å². The van der Waals surface area contributed by atoms with Gasteiger partial charge in [0.25, 0.3) is 5.22 Å². The van der Waals surface area contributed by atoms with E-state index in [4.69, 9.17) is 18.6 Å². The molecule has 0 spiro atoms. The van der Waals surface area contributed by atoms with Crippen LogP contribution in [0.1, 0.15) is 5.56 Å². The van der Waals surface area contributed by atoms with Crippen LogP contribution in [0.4, 0.5) is 0 Å². The molecule has 0 aliphatic rings. The molecule has 0 atom stereocenters. The van der Waals surface area contributed by atoms with Crippen LogP contribution >= 0.6 is 11.8 Å². The largest absolute Gasteiger partial charge is 0.497 e. The predicted molar refractivity (Wildman–Crippen MR) is 125 cm³/mol. The van der Waals surface area contributed by atoms with E-state index in [1.807, 2.05) is 30.3 Å². The number of aliphatic carboxylic acids is 1. The Hall–Kier alpha value is -3.98. The normalized spacial score (nSPS) is 11.4. The Morgan fingerprint density at radius 2 is 1.70 bits per heavy atom. The molecule has 0 fully saturated rings. The fourth-order valence-corrected chi connectivity index (χ4v) is 3.92. The highest BCUT2D eigenvalue weighted by molar-refractivity contribution is 8.03. The second kappa shape index (κ2) is 9.66. The molecule has 0 saturated heterocycles. The standard InChI is InChI=1S/C24H20N2O6S/c1-29-16-10-15(11-17(12-16)30-2)22-25-26-24(32-22)33-21(23(27)28)13-19-18-7-5-4-6-14(18)8-9-20(19)31-3/h4-13H,1-3H3,(H,27,28)/b21-13-. The van der Waals surface area contributed by atoms with Crippen LogP contribution in [0, 0.1) is 0 Å². The van der Waals surface area contributed by atoms with Gasteiger partial charge in [-0.25, -0.2) is 4.79 Å². The number of benzene rings is 3. The average molecular weight is 464 g/mol. The predicted octanol–water partition coefficient (Wildman–Crippen LogP) is 5.13. The molecule has 8 nitrogen and oxygen atoms in total. The number of ether oxygens (including phenoxy) is 3. The highest BCUT2D eigenvalue weighted by Crippen LogP contribution is 2.36. The molecule has 4 rings (SSSR count). The lowest BCUT2D eigenvalue weighted by Crippen LogP contribution is -1.98. The Labute approximate surface area is 193 Å². The van der Waals surface area contributed by atoms with Crippen molar-refractivity contribution in [1.29, 1.82) is 0 Å². The zero-order valence-electron chi connectivity index (χ0n) is 18.1. The number of thioether (sulfide) groups is 1. The summed E-state index contributed by atoms with van der Waals surface area (Å²) < 4.78 is 21.7. The van der Waals surface area contributed by atoms with E-state index >= 15 is 0 Å². The van der Waals surface area contributed by atoms with Gasteiger partial charge in [-0.15, -0.1) is 10.2 Å². The van der Waals surface area contributed by atoms with Crippen molar-refractivity contribution in [1.82, 2.24) is 10.2 Å². The van der Waals surface area contributed by atoms with Gasteiger partial charge in [-0.05, 0) is 46.8 Å². The summed E-state index contributed by atoms with van der Waals surface area (Å²) in [6, 6.07) is 16.6. The number of rotatable bonds is 8. The van der Waals surface area contributed by atoms with Gasteiger partial charge in [0.1, 0.15) is 22.2 Å². The Morgan fingerprint density at radius 1 is 0.970 bits per heavy atom. The number of nitrogens with zero attached hydrogens (tertiary/aromatic N) is 2. The molecule has 1 heterocycles. The Bertz CT molecular complexity index is 1330. The van der Waals surface area contributed by atoms with E-state index in [0.29, 0.717) is 28.4 Å². The third-order valence-electron chi connectivity index (χ3n) is 4.84. The first kappa shape index (κ1) is 22.2. The van der Waals surface area contributed by atoms with E-state index in [2.05, 4.69) is 10.2 Å². The van der Waals surface area contributed by atoms with E-state index in [1.165, 1.54) is 0 Å². The van der Waals surface area contributed by atoms with Crippen molar-refractivity contribution in [3.05, 3.63) is 65.1 Å². The van der Waals surface area contributed by atoms with Gasteiger partial charge in [-0.1, -0.05) is 30.3 Å². The molecule has 168 valence electrons. The Balaban J connectivity index is 1.71. The van der Waals surface area contributed by atoms with Crippen LogP contribution in [-0.2, 0) is 4.79 Å². The van der Waals surface area contributed by atoms with Crippen molar-refractivity contribution < 1.29 is 28.5 Å². The number of hydrogen-bond acceptors (Lipinski definition) is 8. The fraction of sp³-hybridized carbons (Fsp3) is 0.125. The van der Waals surface area contributed by atoms with Gasteiger partial charge in [0.05, 0.1) is 21.3 Å². The number of methoxy groups -OCH3 is 3. The molecule has 0 aliphatic carbocycles. The summed E-state index contributed by atoms with van der Waals surface area (Å²) in [6.45, 7) is 0. The van der Waals surface area contributed by atoms with Crippen molar-refractivity contribution in [3.8, 4) is 28.7 Å². The van der Waals surface area contributed by atoms with Gasteiger partial charge in [0.15, 0.2) is 0 Å². The summed E-state index contributed by atoms with van der Waals surface area (Å²) in [5.74, 6) is 0.763. The zero-order chi connectivity index (χ0) is 23.4. The van der Waals surface area contributed by atoms with Crippen LogP contribution in [-0.4, -0.2) is 42.6 Å². The number of hydrogen-bond donors (Lipinski definition) is 1. The maximum absolute atomic E-state index is 12.0. The van der Waals surface area contributed by atoms with Crippen LogP contribution < -0.4 is 14.2 Å². The van der Waals surface area contributed by atoms with Crippen LogP contribution in [0.15, 0.2) is 69.1 Å². The molecular weight excluding hydrogens is 444 g/mol. The molecular formula is C24H20N2O6S.